The van der Waals surface area contributed by atoms with Crippen LogP contribution in [0.5, 0.6) is 0 Å². The molecule has 0 spiro atoms. The molecule has 1 fully saturated rings. The van der Waals surface area contributed by atoms with E-state index >= 15 is 0 Å². The van der Waals surface area contributed by atoms with E-state index in [-0.39, 0.29) is 6.03 Å². The Balaban J connectivity index is 1.97. The molecule has 0 bridgehead atoms. The molecule has 20 heavy (non-hydrogen) atoms. The van der Waals surface area contributed by atoms with Crippen molar-refractivity contribution in [2.24, 2.45) is 0 Å². The molecule has 1 aromatic carbocycles. The lowest BCUT2D eigenvalue weighted by molar-refractivity contribution is 0.216. The van der Waals surface area contributed by atoms with Crippen LogP contribution >= 0.6 is 0 Å². The topological polar surface area (TPSA) is 38.8 Å². The van der Waals surface area contributed by atoms with Crippen molar-refractivity contribution in [1.29, 1.82) is 0 Å². The van der Waals surface area contributed by atoms with E-state index in [4.69, 9.17) is 0 Å². The normalized spacial score (nSPS) is 18.4. The van der Waals surface area contributed by atoms with E-state index in [9.17, 15) is 4.79 Å². The van der Waals surface area contributed by atoms with Gasteiger partial charge in [0.1, 0.15) is 0 Å². The van der Waals surface area contributed by atoms with E-state index in [2.05, 4.69) is 24.3 Å². The largest absolute Gasteiger partial charge is 0.378 e. The van der Waals surface area contributed by atoms with Crippen LogP contribution in [0.25, 0.3) is 0 Å². The first kappa shape index (κ1) is 14.7. The molecule has 0 aromatic heterocycles. The number of hydrogen-bond acceptors (Lipinski definition) is 3. The minimum Gasteiger partial charge on any atom is -0.378 e. The molecule has 0 radical (unpaired) electrons. The molecule has 2 rings (SSSR count). The number of carbonyl (C=O) groups is 1. The zero-order valence-corrected chi connectivity index (χ0v) is 12.8. The van der Waals surface area contributed by atoms with Gasteiger partial charge in [-0.15, -0.1) is 0 Å². The highest BCUT2D eigenvalue weighted by Crippen LogP contribution is 2.19. The molecule has 1 aliphatic rings. The van der Waals surface area contributed by atoms with Gasteiger partial charge in [-0.25, -0.2) is 4.79 Å². The predicted molar refractivity (Wildman–Crippen MR) is 83.5 cm³/mol. The monoisotopic (exact) mass is 276 g/mol. The Labute approximate surface area is 121 Å². The molecular formula is C15H24N4O. The summed E-state index contributed by atoms with van der Waals surface area (Å²) in [6.07, 6.45) is 1.04. The van der Waals surface area contributed by atoms with Crippen LogP contribution in [0.3, 0.4) is 0 Å². The van der Waals surface area contributed by atoms with Gasteiger partial charge < -0.3 is 20.0 Å². The summed E-state index contributed by atoms with van der Waals surface area (Å²) in [7, 11) is 8.10. The lowest BCUT2D eigenvalue weighted by atomic mass is 10.2. The molecule has 0 saturated carbocycles. The summed E-state index contributed by atoms with van der Waals surface area (Å²) in [6.45, 7) is 1.62. The van der Waals surface area contributed by atoms with Crippen LogP contribution in [-0.2, 0) is 0 Å². The molecule has 0 unspecified atom stereocenters. The quantitative estimate of drug-likeness (QED) is 0.916. The summed E-state index contributed by atoms with van der Waals surface area (Å²) in [5, 5.41) is 2.98. The first-order valence-corrected chi connectivity index (χ1v) is 6.97. The summed E-state index contributed by atoms with van der Waals surface area (Å²) < 4.78 is 0. The van der Waals surface area contributed by atoms with Crippen LogP contribution in [-0.4, -0.2) is 63.2 Å². The fourth-order valence-corrected chi connectivity index (χ4v) is 2.41. The minimum absolute atomic E-state index is 0.00902. The fraction of sp³-hybridized carbons (Fsp3) is 0.533. The van der Waals surface area contributed by atoms with Gasteiger partial charge in [-0.3, -0.25) is 0 Å². The minimum atomic E-state index is -0.00902. The fourth-order valence-electron chi connectivity index (χ4n) is 2.41. The molecule has 1 atom stereocenters. The number of hydrogen-bond donors (Lipinski definition) is 1. The van der Waals surface area contributed by atoms with Crippen molar-refractivity contribution in [2.45, 2.75) is 12.5 Å². The molecule has 1 N–H and O–H groups in total. The van der Waals surface area contributed by atoms with Gasteiger partial charge in [-0.2, -0.15) is 0 Å². The van der Waals surface area contributed by atoms with Crippen LogP contribution < -0.4 is 10.2 Å². The number of rotatable bonds is 3. The highest BCUT2D eigenvalue weighted by molar-refractivity contribution is 5.90. The van der Waals surface area contributed by atoms with E-state index in [0.29, 0.717) is 6.04 Å². The molecular weight excluding hydrogens is 252 g/mol. The second kappa shape index (κ2) is 6.13. The molecule has 0 aliphatic carbocycles. The average Bonchev–Trinajstić information content (AvgIpc) is 2.88. The van der Waals surface area contributed by atoms with Gasteiger partial charge in [0.15, 0.2) is 0 Å². The molecule has 1 heterocycles. The van der Waals surface area contributed by atoms with E-state index < -0.39 is 0 Å². The summed E-state index contributed by atoms with van der Waals surface area (Å²) in [4.78, 5) is 18.3. The Morgan fingerprint density at radius 1 is 1.30 bits per heavy atom. The SMILES string of the molecule is CN(C)c1cccc(NC(=O)N2CC[C@@H](N(C)C)C2)c1. The first-order chi connectivity index (χ1) is 9.47. The van der Waals surface area contributed by atoms with Crippen molar-refractivity contribution in [3.8, 4) is 0 Å². The highest BCUT2D eigenvalue weighted by Gasteiger charge is 2.27. The molecule has 1 aromatic rings. The van der Waals surface area contributed by atoms with Gasteiger partial charge in [-0.1, -0.05) is 6.07 Å². The van der Waals surface area contributed by atoms with Crippen molar-refractivity contribution in [2.75, 3.05) is 51.5 Å². The van der Waals surface area contributed by atoms with Crippen molar-refractivity contribution in [1.82, 2.24) is 9.80 Å². The van der Waals surface area contributed by atoms with Gasteiger partial charge in [0, 0.05) is 44.6 Å². The van der Waals surface area contributed by atoms with Gasteiger partial charge in [0.05, 0.1) is 0 Å². The average molecular weight is 276 g/mol. The number of anilines is 2. The summed E-state index contributed by atoms with van der Waals surface area (Å²) in [6, 6.07) is 8.34. The molecule has 1 aliphatic heterocycles. The smallest absolute Gasteiger partial charge is 0.321 e. The Kier molecular flexibility index (Phi) is 4.49. The lowest BCUT2D eigenvalue weighted by Gasteiger charge is -2.21. The van der Waals surface area contributed by atoms with E-state index in [1.54, 1.807) is 0 Å². The molecule has 2 amide bonds. The number of amides is 2. The van der Waals surface area contributed by atoms with E-state index in [0.717, 1.165) is 30.9 Å². The van der Waals surface area contributed by atoms with E-state index in [1.165, 1.54) is 0 Å². The van der Waals surface area contributed by atoms with Gasteiger partial charge in [0.2, 0.25) is 0 Å². The number of likely N-dealkylation sites (tertiary alicyclic amines) is 1. The third-order valence-electron chi connectivity index (χ3n) is 3.79. The Hall–Kier alpha value is -1.75. The van der Waals surface area contributed by atoms with Crippen molar-refractivity contribution in [3.05, 3.63) is 24.3 Å². The Morgan fingerprint density at radius 2 is 2.05 bits per heavy atom. The number of nitrogens with one attached hydrogen (secondary N) is 1. The molecule has 110 valence electrons. The second-order valence-corrected chi connectivity index (χ2v) is 5.73. The standard InChI is InChI=1S/C15H24N4O/c1-17(2)13-7-5-6-12(10-13)16-15(20)19-9-8-14(11-19)18(3)4/h5-7,10,14H,8-9,11H2,1-4H3,(H,16,20)/t14-/m1/s1. The van der Waals surface area contributed by atoms with Crippen LogP contribution in [0.1, 0.15) is 6.42 Å². The van der Waals surface area contributed by atoms with Gasteiger partial charge in [0.25, 0.3) is 0 Å². The number of benzene rings is 1. The Bertz CT molecular complexity index is 473. The Morgan fingerprint density at radius 3 is 2.65 bits per heavy atom. The summed E-state index contributed by atoms with van der Waals surface area (Å²) >= 11 is 0. The summed E-state index contributed by atoms with van der Waals surface area (Å²) in [5.74, 6) is 0. The lowest BCUT2D eigenvalue weighted by Crippen LogP contribution is -2.36. The van der Waals surface area contributed by atoms with Crippen molar-refractivity contribution in [3.63, 3.8) is 0 Å². The third kappa shape index (κ3) is 3.42. The zero-order valence-electron chi connectivity index (χ0n) is 12.8. The highest BCUT2D eigenvalue weighted by atomic mass is 16.2. The van der Waals surface area contributed by atoms with Gasteiger partial charge in [-0.05, 0) is 38.7 Å². The maximum absolute atomic E-state index is 12.2. The van der Waals surface area contributed by atoms with Crippen LogP contribution in [0.15, 0.2) is 24.3 Å². The van der Waals surface area contributed by atoms with Gasteiger partial charge >= 0.3 is 6.03 Å². The van der Waals surface area contributed by atoms with E-state index in [1.807, 2.05) is 48.2 Å². The van der Waals surface area contributed by atoms with Crippen molar-refractivity contribution >= 4 is 17.4 Å². The summed E-state index contributed by atoms with van der Waals surface area (Å²) in [5.41, 5.74) is 1.92. The van der Waals surface area contributed by atoms with Crippen LogP contribution in [0.4, 0.5) is 16.2 Å². The maximum Gasteiger partial charge on any atom is 0.321 e. The zero-order chi connectivity index (χ0) is 14.7. The molecule has 1 saturated heterocycles. The van der Waals surface area contributed by atoms with Crippen molar-refractivity contribution < 1.29 is 4.79 Å². The predicted octanol–water partition coefficient (Wildman–Crippen LogP) is 1.92. The van der Waals surface area contributed by atoms with Crippen LogP contribution in [0, 0.1) is 0 Å². The van der Waals surface area contributed by atoms with Crippen LogP contribution in [0.2, 0.25) is 0 Å². The third-order valence-corrected chi connectivity index (χ3v) is 3.79. The molecule has 5 nitrogen and oxygen atoms in total. The number of nitrogens with zero attached hydrogens (tertiary/aromatic N) is 3. The number of urea groups is 1. The second-order valence-electron chi connectivity index (χ2n) is 5.73. The molecule has 5 heteroatoms. The number of carbonyl (C=O) groups excluding carboxylic acids is 1. The first-order valence-electron chi connectivity index (χ1n) is 6.97. The maximum atomic E-state index is 12.2. The number of likely N-dealkylation sites (N-methyl/N-ethyl adjacent to an activating group) is 1.